The molecular formula is C13H16O3S. The van der Waals surface area contributed by atoms with E-state index in [1.54, 1.807) is 11.8 Å². The summed E-state index contributed by atoms with van der Waals surface area (Å²) in [7, 11) is 0. The number of benzene rings is 1. The van der Waals surface area contributed by atoms with Crippen molar-refractivity contribution in [3.8, 4) is 0 Å². The maximum Gasteiger partial charge on any atom is 0.330 e. The van der Waals surface area contributed by atoms with Crippen LogP contribution in [0.25, 0.3) is 0 Å². The zero-order chi connectivity index (χ0) is 12.5. The number of carbonyl (C=O) groups is 1. The van der Waals surface area contributed by atoms with Crippen molar-refractivity contribution in [2.45, 2.75) is 17.7 Å². The molecule has 0 heterocycles. The number of carboxylic acids is 1. The molecule has 1 aromatic carbocycles. The zero-order valence-corrected chi connectivity index (χ0v) is 10.4. The number of ether oxygens (including phenoxy) is 1. The lowest BCUT2D eigenvalue weighted by molar-refractivity contribution is -0.132. The van der Waals surface area contributed by atoms with E-state index in [2.05, 4.69) is 6.58 Å². The summed E-state index contributed by atoms with van der Waals surface area (Å²) < 4.78 is 5.40. The van der Waals surface area contributed by atoms with E-state index >= 15 is 0 Å². The third-order valence-corrected chi connectivity index (χ3v) is 3.01. The molecule has 0 aromatic heterocycles. The first-order valence-electron chi connectivity index (χ1n) is 5.37. The normalized spacial score (nSPS) is 10.1. The number of rotatable bonds is 8. The van der Waals surface area contributed by atoms with Crippen LogP contribution in [0.1, 0.15) is 12.8 Å². The molecule has 0 amide bonds. The fourth-order valence-corrected chi connectivity index (χ4v) is 1.87. The molecule has 0 aliphatic rings. The van der Waals surface area contributed by atoms with Crippen LogP contribution in [-0.4, -0.2) is 23.6 Å². The number of aliphatic carboxylic acids is 1. The Morgan fingerprint density at radius 3 is 2.71 bits per heavy atom. The van der Waals surface area contributed by atoms with Crippen LogP contribution < -0.4 is 0 Å². The quantitative estimate of drug-likeness (QED) is 0.334. The first kappa shape index (κ1) is 13.8. The fraction of sp³-hybridized carbons (Fsp3) is 0.308. The highest BCUT2D eigenvalue weighted by Crippen LogP contribution is 2.16. The Bertz CT molecular complexity index is 362. The molecule has 0 radical (unpaired) electrons. The van der Waals surface area contributed by atoms with Crippen LogP contribution in [0.5, 0.6) is 0 Å². The Balaban J connectivity index is 2.02. The topological polar surface area (TPSA) is 46.5 Å². The first-order chi connectivity index (χ1) is 8.20. The van der Waals surface area contributed by atoms with Gasteiger partial charge in [0, 0.05) is 17.1 Å². The summed E-state index contributed by atoms with van der Waals surface area (Å²) in [4.78, 5) is 11.6. The van der Waals surface area contributed by atoms with Gasteiger partial charge >= 0.3 is 5.97 Å². The predicted octanol–water partition coefficient (Wildman–Crippen LogP) is 3.17. The van der Waals surface area contributed by atoms with Crippen LogP contribution in [0.2, 0.25) is 0 Å². The maximum atomic E-state index is 10.5. The summed E-state index contributed by atoms with van der Waals surface area (Å²) in [6.07, 6.45) is 1.17. The van der Waals surface area contributed by atoms with Crippen molar-refractivity contribution in [2.24, 2.45) is 0 Å². The number of hydrogen-bond acceptors (Lipinski definition) is 3. The van der Waals surface area contributed by atoms with Gasteiger partial charge in [-0.1, -0.05) is 36.5 Å². The summed E-state index contributed by atoms with van der Waals surface area (Å²) in [5, 5.41) is 8.59. The average molecular weight is 252 g/mol. The molecule has 4 heteroatoms. The first-order valence-corrected chi connectivity index (χ1v) is 6.35. The van der Waals surface area contributed by atoms with Crippen molar-refractivity contribution in [1.29, 1.82) is 0 Å². The molecule has 0 atom stereocenters. The summed E-state index contributed by atoms with van der Waals surface area (Å²) >= 11 is 1.62. The standard InChI is InChI=1S/C13H16O3S/c1-11(13(14)15)6-5-9-16-10-17-12-7-3-2-4-8-12/h2-4,7-8H,1,5-6,9-10H2,(H,14,15). The SMILES string of the molecule is C=C(CCCOCSc1ccccc1)C(=O)O. The van der Waals surface area contributed by atoms with Crippen molar-refractivity contribution >= 4 is 17.7 Å². The van der Waals surface area contributed by atoms with Crippen LogP contribution in [0, 0.1) is 0 Å². The minimum Gasteiger partial charge on any atom is -0.478 e. The smallest absolute Gasteiger partial charge is 0.330 e. The van der Waals surface area contributed by atoms with Gasteiger partial charge in [-0.2, -0.15) is 0 Å². The van der Waals surface area contributed by atoms with Crippen LogP contribution in [0.3, 0.4) is 0 Å². The molecule has 0 aliphatic heterocycles. The van der Waals surface area contributed by atoms with E-state index in [9.17, 15) is 4.79 Å². The molecular weight excluding hydrogens is 236 g/mol. The van der Waals surface area contributed by atoms with Crippen LogP contribution >= 0.6 is 11.8 Å². The Kier molecular flexibility index (Phi) is 6.43. The van der Waals surface area contributed by atoms with E-state index in [0.29, 0.717) is 25.4 Å². The van der Waals surface area contributed by atoms with Crippen molar-refractivity contribution in [3.63, 3.8) is 0 Å². The molecule has 0 bridgehead atoms. The molecule has 0 aliphatic carbocycles. The molecule has 92 valence electrons. The van der Waals surface area contributed by atoms with E-state index in [0.717, 1.165) is 0 Å². The van der Waals surface area contributed by atoms with Gasteiger partial charge in [-0.3, -0.25) is 0 Å². The van der Waals surface area contributed by atoms with E-state index in [4.69, 9.17) is 9.84 Å². The zero-order valence-electron chi connectivity index (χ0n) is 9.59. The van der Waals surface area contributed by atoms with Gasteiger partial charge in [0.15, 0.2) is 0 Å². The lowest BCUT2D eigenvalue weighted by Crippen LogP contribution is -2.01. The summed E-state index contributed by atoms with van der Waals surface area (Å²) in [5.74, 6) is -0.340. The van der Waals surface area contributed by atoms with Crippen molar-refractivity contribution in [3.05, 3.63) is 42.5 Å². The van der Waals surface area contributed by atoms with Gasteiger partial charge in [-0.05, 0) is 25.0 Å². The second-order valence-corrected chi connectivity index (χ2v) is 4.49. The highest BCUT2D eigenvalue weighted by Gasteiger charge is 2.02. The Morgan fingerprint density at radius 2 is 2.06 bits per heavy atom. The summed E-state index contributed by atoms with van der Waals surface area (Å²) in [6, 6.07) is 10.0. The van der Waals surface area contributed by atoms with Gasteiger partial charge in [-0.25, -0.2) is 4.79 Å². The Morgan fingerprint density at radius 1 is 1.35 bits per heavy atom. The molecule has 0 fully saturated rings. The van der Waals surface area contributed by atoms with Crippen LogP contribution in [-0.2, 0) is 9.53 Å². The minimum atomic E-state index is -0.927. The Labute approximate surface area is 105 Å². The van der Waals surface area contributed by atoms with Gasteiger partial charge in [0.05, 0.1) is 5.94 Å². The molecule has 17 heavy (non-hydrogen) atoms. The molecule has 3 nitrogen and oxygen atoms in total. The van der Waals surface area contributed by atoms with Gasteiger partial charge < -0.3 is 9.84 Å². The number of hydrogen-bond donors (Lipinski definition) is 1. The molecule has 0 saturated carbocycles. The maximum absolute atomic E-state index is 10.5. The van der Waals surface area contributed by atoms with E-state index in [-0.39, 0.29) is 5.57 Å². The number of thioether (sulfide) groups is 1. The Hall–Kier alpha value is -1.26. The summed E-state index contributed by atoms with van der Waals surface area (Å²) in [5.41, 5.74) is 0.240. The van der Waals surface area contributed by atoms with E-state index in [1.807, 2.05) is 30.3 Å². The van der Waals surface area contributed by atoms with Gasteiger partial charge in [0.2, 0.25) is 0 Å². The predicted molar refractivity (Wildman–Crippen MR) is 69.1 cm³/mol. The van der Waals surface area contributed by atoms with Crippen molar-refractivity contribution in [2.75, 3.05) is 12.5 Å². The monoisotopic (exact) mass is 252 g/mol. The fourth-order valence-electron chi connectivity index (χ4n) is 1.18. The van der Waals surface area contributed by atoms with E-state index < -0.39 is 5.97 Å². The molecule has 1 aromatic rings. The third-order valence-electron chi connectivity index (χ3n) is 2.12. The highest BCUT2D eigenvalue weighted by atomic mass is 32.2. The largest absolute Gasteiger partial charge is 0.478 e. The molecule has 0 unspecified atom stereocenters. The lowest BCUT2D eigenvalue weighted by atomic mass is 10.2. The minimum absolute atomic E-state index is 0.240. The second-order valence-electron chi connectivity index (χ2n) is 3.50. The van der Waals surface area contributed by atoms with Crippen LogP contribution in [0.15, 0.2) is 47.4 Å². The molecule has 0 spiro atoms. The van der Waals surface area contributed by atoms with Gasteiger partial charge in [-0.15, -0.1) is 0 Å². The number of carboxylic acid groups (broad SMARTS) is 1. The second kappa shape index (κ2) is 7.92. The molecule has 0 saturated heterocycles. The van der Waals surface area contributed by atoms with E-state index in [1.165, 1.54) is 4.90 Å². The average Bonchev–Trinajstić information content (AvgIpc) is 2.34. The van der Waals surface area contributed by atoms with Crippen LogP contribution in [0.4, 0.5) is 0 Å². The summed E-state index contributed by atoms with van der Waals surface area (Å²) in [6.45, 7) is 4.02. The highest BCUT2D eigenvalue weighted by molar-refractivity contribution is 7.99. The third kappa shape index (κ3) is 6.14. The molecule has 1 rings (SSSR count). The molecule has 1 N–H and O–H groups in total. The van der Waals surface area contributed by atoms with Gasteiger partial charge in [0.25, 0.3) is 0 Å². The van der Waals surface area contributed by atoms with Crippen molar-refractivity contribution < 1.29 is 14.6 Å². The van der Waals surface area contributed by atoms with Crippen molar-refractivity contribution in [1.82, 2.24) is 0 Å². The lowest BCUT2D eigenvalue weighted by Gasteiger charge is -2.04. The van der Waals surface area contributed by atoms with Gasteiger partial charge in [0.1, 0.15) is 0 Å².